The first-order valence-electron chi connectivity index (χ1n) is 12.7. The van der Waals surface area contributed by atoms with Crippen molar-refractivity contribution in [2.75, 3.05) is 13.7 Å². The topological polar surface area (TPSA) is 85.9 Å². The van der Waals surface area contributed by atoms with Gasteiger partial charge in [-0.1, -0.05) is 43.7 Å². The molecular formula is C30H29N3O4. The van der Waals surface area contributed by atoms with E-state index in [0.717, 1.165) is 57.4 Å². The van der Waals surface area contributed by atoms with Crippen molar-refractivity contribution in [1.29, 1.82) is 0 Å². The fourth-order valence-corrected chi connectivity index (χ4v) is 5.70. The van der Waals surface area contributed by atoms with Crippen LogP contribution >= 0.6 is 0 Å². The summed E-state index contributed by atoms with van der Waals surface area (Å²) >= 11 is 0. The number of rotatable bonds is 6. The van der Waals surface area contributed by atoms with E-state index >= 15 is 0 Å². The number of phenols is 1. The Morgan fingerprint density at radius 2 is 1.81 bits per heavy atom. The Bertz CT molecular complexity index is 1510. The maximum absolute atomic E-state index is 13.6. The number of unbranched alkanes of at least 4 members (excludes halogenated alkanes) is 1. The molecule has 1 fully saturated rings. The predicted octanol–water partition coefficient (Wildman–Crippen LogP) is 5.63. The molecule has 3 aromatic carbocycles. The Balaban J connectivity index is 1.50. The standard InChI is InChI=1S/C30H29N3O4/c1-3-4-14-32-29(35)26-17-24-23-16-19(18-8-11-22(37-2)12-9-18)10-13-25(23)31-27(24)28(33(26)30(32)36)20-6-5-7-21(34)15-20/h5-13,15-16,26,28,31,34H,3-4,14,17H2,1-2H3. The molecule has 7 heteroatoms. The number of benzene rings is 3. The molecule has 7 nitrogen and oxygen atoms in total. The van der Waals surface area contributed by atoms with Gasteiger partial charge in [0.05, 0.1) is 7.11 Å². The third kappa shape index (κ3) is 3.73. The second kappa shape index (κ2) is 9.00. The maximum atomic E-state index is 13.6. The molecule has 0 saturated carbocycles. The number of aromatic nitrogens is 1. The van der Waals surface area contributed by atoms with E-state index in [4.69, 9.17) is 4.74 Å². The fourth-order valence-electron chi connectivity index (χ4n) is 5.70. The SMILES string of the molecule is CCCCN1C(=O)C2Cc3c([nH]c4ccc(-c5ccc(OC)cc5)cc34)C(c3cccc(O)c3)N2C1=O. The molecule has 2 atom stereocenters. The lowest BCUT2D eigenvalue weighted by atomic mass is 9.88. The zero-order chi connectivity index (χ0) is 25.7. The van der Waals surface area contributed by atoms with Gasteiger partial charge < -0.3 is 14.8 Å². The van der Waals surface area contributed by atoms with Crippen LogP contribution < -0.4 is 4.74 Å². The van der Waals surface area contributed by atoms with E-state index in [9.17, 15) is 14.7 Å². The highest BCUT2D eigenvalue weighted by Gasteiger charge is 2.52. The molecule has 4 aromatic rings. The van der Waals surface area contributed by atoms with Gasteiger partial charge in [0, 0.05) is 29.6 Å². The van der Waals surface area contributed by atoms with Gasteiger partial charge in [-0.15, -0.1) is 0 Å². The van der Waals surface area contributed by atoms with Crippen molar-refractivity contribution in [3.05, 3.63) is 83.6 Å². The molecule has 2 aliphatic heterocycles. The summed E-state index contributed by atoms with van der Waals surface area (Å²) < 4.78 is 5.30. The number of nitrogens with one attached hydrogen (secondary N) is 1. The first-order chi connectivity index (χ1) is 18.0. The lowest BCUT2D eigenvalue weighted by Crippen LogP contribution is -2.44. The summed E-state index contributed by atoms with van der Waals surface area (Å²) in [7, 11) is 1.65. The van der Waals surface area contributed by atoms with Gasteiger partial charge in [0.25, 0.3) is 5.91 Å². The van der Waals surface area contributed by atoms with E-state index in [0.29, 0.717) is 13.0 Å². The molecule has 2 N–H and O–H groups in total. The van der Waals surface area contributed by atoms with Gasteiger partial charge in [0.1, 0.15) is 23.6 Å². The minimum Gasteiger partial charge on any atom is -0.508 e. The first kappa shape index (κ1) is 23.2. The third-order valence-corrected chi connectivity index (χ3v) is 7.57. The Kier molecular flexibility index (Phi) is 5.63. The highest BCUT2D eigenvalue weighted by atomic mass is 16.5. The molecule has 6 rings (SSSR count). The average Bonchev–Trinajstić information content (AvgIpc) is 3.40. The van der Waals surface area contributed by atoms with Crippen LogP contribution in [-0.2, 0) is 11.2 Å². The Morgan fingerprint density at radius 1 is 1.03 bits per heavy atom. The molecule has 37 heavy (non-hydrogen) atoms. The highest BCUT2D eigenvalue weighted by Crippen LogP contribution is 2.45. The lowest BCUT2D eigenvalue weighted by molar-refractivity contribution is -0.128. The van der Waals surface area contributed by atoms with E-state index in [1.165, 1.54) is 4.90 Å². The molecule has 0 radical (unpaired) electrons. The predicted molar refractivity (Wildman–Crippen MR) is 142 cm³/mol. The number of urea groups is 1. The van der Waals surface area contributed by atoms with Crippen LogP contribution in [0, 0.1) is 0 Å². The van der Waals surface area contributed by atoms with Gasteiger partial charge in [-0.05, 0) is 65.1 Å². The van der Waals surface area contributed by atoms with Gasteiger partial charge >= 0.3 is 6.03 Å². The van der Waals surface area contributed by atoms with E-state index in [-0.39, 0.29) is 17.7 Å². The van der Waals surface area contributed by atoms with Crippen LogP contribution in [-0.4, -0.2) is 51.5 Å². The summed E-state index contributed by atoms with van der Waals surface area (Å²) in [5.41, 5.74) is 5.78. The maximum Gasteiger partial charge on any atom is 0.328 e. The molecular weight excluding hydrogens is 466 g/mol. The monoisotopic (exact) mass is 495 g/mol. The molecule has 188 valence electrons. The van der Waals surface area contributed by atoms with E-state index < -0.39 is 12.1 Å². The van der Waals surface area contributed by atoms with Gasteiger partial charge in [-0.3, -0.25) is 14.6 Å². The van der Waals surface area contributed by atoms with Crippen LogP contribution in [0.15, 0.2) is 66.7 Å². The minimum absolute atomic E-state index is 0.125. The zero-order valence-electron chi connectivity index (χ0n) is 20.9. The summed E-state index contributed by atoms with van der Waals surface area (Å²) in [5, 5.41) is 11.3. The Labute approximate surface area is 215 Å². The molecule has 1 saturated heterocycles. The van der Waals surface area contributed by atoms with Crippen LogP contribution in [0.1, 0.15) is 42.6 Å². The first-order valence-corrected chi connectivity index (χ1v) is 12.7. The number of H-pyrrole nitrogens is 1. The van der Waals surface area contributed by atoms with Crippen molar-refractivity contribution in [2.24, 2.45) is 0 Å². The van der Waals surface area contributed by atoms with Gasteiger partial charge in [0.15, 0.2) is 0 Å². The summed E-state index contributed by atoms with van der Waals surface area (Å²) in [6, 6.07) is 19.8. The van der Waals surface area contributed by atoms with Crippen molar-refractivity contribution in [2.45, 2.75) is 38.3 Å². The molecule has 3 heterocycles. The van der Waals surface area contributed by atoms with Crippen molar-refractivity contribution in [3.8, 4) is 22.6 Å². The third-order valence-electron chi connectivity index (χ3n) is 7.57. The number of aromatic amines is 1. The second-order valence-electron chi connectivity index (χ2n) is 9.76. The van der Waals surface area contributed by atoms with Crippen molar-refractivity contribution >= 4 is 22.8 Å². The number of amides is 3. The smallest absolute Gasteiger partial charge is 0.328 e. The molecule has 1 aromatic heterocycles. The number of fused-ring (bicyclic) bond motifs is 4. The van der Waals surface area contributed by atoms with E-state index in [1.54, 1.807) is 30.2 Å². The average molecular weight is 496 g/mol. The number of hydrogen-bond acceptors (Lipinski definition) is 4. The van der Waals surface area contributed by atoms with Gasteiger partial charge in [0.2, 0.25) is 0 Å². The fraction of sp³-hybridized carbons (Fsp3) is 0.267. The number of aromatic hydroxyl groups is 1. The van der Waals surface area contributed by atoms with Crippen LogP contribution in [0.3, 0.4) is 0 Å². The number of phenolic OH excluding ortho intramolecular Hbond substituents is 1. The van der Waals surface area contributed by atoms with Gasteiger partial charge in [-0.25, -0.2) is 4.79 Å². The number of ether oxygens (including phenoxy) is 1. The van der Waals surface area contributed by atoms with Crippen LogP contribution in [0.5, 0.6) is 11.5 Å². The molecule has 0 bridgehead atoms. The largest absolute Gasteiger partial charge is 0.508 e. The molecule has 0 spiro atoms. The summed E-state index contributed by atoms with van der Waals surface area (Å²) in [5.74, 6) is 0.782. The van der Waals surface area contributed by atoms with Crippen LogP contribution in [0.2, 0.25) is 0 Å². The summed E-state index contributed by atoms with van der Waals surface area (Å²) in [4.78, 5) is 33.8. The minimum atomic E-state index is -0.576. The van der Waals surface area contributed by atoms with Crippen LogP contribution in [0.4, 0.5) is 4.79 Å². The quantitative estimate of drug-likeness (QED) is 0.340. The Morgan fingerprint density at radius 3 is 2.54 bits per heavy atom. The number of imide groups is 1. The van der Waals surface area contributed by atoms with Crippen molar-refractivity contribution < 1.29 is 19.4 Å². The molecule has 0 aliphatic carbocycles. The van der Waals surface area contributed by atoms with Crippen LogP contribution in [0.25, 0.3) is 22.0 Å². The van der Waals surface area contributed by atoms with Gasteiger partial charge in [-0.2, -0.15) is 0 Å². The number of methoxy groups -OCH3 is 1. The molecule has 2 aliphatic rings. The summed E-state index contributed by atoms with van der Waals surface area (Å²) in [6.07, 6.45) is 2.12. The zero-order valence-corrected chi connectivity index (χ0v) is 20.9. The van der Waals surface area contributed by atoms with E-state index in [1.807, 2.05) is 37.3 Å². The van der Waals surface area contributed by atoms with E-state index in [2.05, 4.69) is 23.2 Å². The molecule has 2 unspecified atom stereocenters. The summed E-state index contributed by atoms with van der Waals surface area (Å²) in [6.45, 7) is 2.47. The normalized spacial score (nSPS) is 18.9. The number of carbonyl (C=O) groups excluding carboxylic acids is 2. The Hall–Kier alpha value is -4.26. The number of carbonyl (C=O) groups is 2. The van der Waals surface area contributed by atoms with Crippen molar-refractivity contribution in [3.63, 3.8) is 0 Å². The highest BCUT2D eigenvalue weighted by molar-refractivity contribution is 6.06. The lowest BCUT2D eigenvalue weighted by Gasteiger charge is -2.36. The second-order valence-corrected chi connectivity index (χ2v) is 9.76. The number of nitrogens with zero attached hydrogens (tertiary/aromatic N) is 2. The molecule has 3 amide bonds. The van der Waals surface area contributed by atoms with Crippen molar-refractivity contribution in [1.82, 2.24) is 14.8 Å². The number of hydrogen-bond donors (Lipinski definition) is 2.